The lowest BCUT2D eigenvalue weighted by Crippen LogP contribution is -3.14. The van der Waals surface area contributed by atoms with Gasteiger partial charge in [0.25, 0.3) is 5.91 Å². The molecule has 0 unspecified atom stereocenters. The topological polar surface area (TPSA) is 59.8 Å². The van der Waals surface area contributed by atoms with Crippen LogP contribution in [-0.2, 0) is 27.2 Å². The molecule has 3 rings (SSSR count). The summed E-state index contributed by atoms with van der Waals surface area (Å²) in [6.07, 6.45) is 6.49. The summed E-state index contributed by atoms with van der Waals surface area (Å²) in [5, 5.41) is 3.14. The van der Waals surface area contributed by atoms with Crippen LogP contribution in [0.15, 0.2) is 18.2 Å². The first kappa shape index (κ1) is 18.9. The third-order valence-electron chi connectivity index (χ3n) is 5.89. The minimum Gasteiger partial charge on any atom is -0.469 e. The van der Waals surface area contributed by atoms with Gasteiger partial charge in [-0.1, -0.05) is 18.2 Å². The van der Waals surface area contributed by atoms with Gasteiger partial charge < -0.3 is 15.0 Å². The maximum atomic E-state index is 12.4. The lowest BCUT2D eigenvalue weighted by atomic mass is 9.89. The van der Waals surface area contributed by atoms with Crippen molar-refractivity contribution in [2.45, 2.75) is 51.5 Å². The van der Waals surface area contributed by atoms with Crippen molar-refractivity contribution < 1.29 is 19.2 Å². The number of rotatable bonds is 5. The average Bonchev–Trinajstić information content (AvgIpc) is 2.67. The maximum Gasteiger partial charge on any atom is 0.309 e. The quantitative estimate of drug-likeness (QED) is 0.777. The predicted molar refractivity (Wildman–Crippen MR) is 99.9 cm³/mol. The zero-order valence-corrected chi connectivity index (χ0v) is 16.0. The van der Waals surface area contributed by atoms with Gasteiger partial charge in [-0.15, -0.1) is 0 Å². The van der Waals surface area contributed by atoms with E-state index in [2.05, 4.69) is 30.4 Å². The van der Waals surface area contributed by atoms with Gasteiger partial charge in [0.15, 0.2) is 6.54 Å². The zero-order valence-electron chi connectivity index (χ0n) is 16.0. The standard InChI is InChI=1S/C21H30N2O3/c1-15(18-8-7-16-5-3-4-6-19(16)13-18)22-20(24)14-23-11-9-17(10-12-23)21(25)26-2/h7-8,13,15,17H,3-6,9-12,14H2,1-2H3,(H,22,24)/p+1/t15-/m1/s1. The number of likely N-dealkylation sites (tertiary alicyclic amines) is 1. The summed E-state index contributed by atoms with van der Waals surface area (Å²) in [4.78, 5) is 25.3. The van der Waals surface area contributed by atoms with E-state index in [1.54, 1.807) is 0 Å². The number of carbonyl (C=O) groups is 2. The Hall–Kier alpha value is -1.88. The predicted octanol–water partition coefficient (Wildman–Crippen LogP) is 1.21. The number of ether oxygens (including phenoxy) is 1. The summed E-state index contributed by atoms with van der Waals surface area (Å²) in [5.41, 5.74) is 4.11. The minimum atomic E-state index is -0.116. The average molecular weight is 359 g/mol. The molecular weight excluding hydrogens is 328 g/mol. The van der Waals surface area contributed by atoms with Crippen molar-refractivity contribution >= 4 is 11.9 Å². The smallest absolute Gasteiger partial charge is 0.309 e. The first-order chi connectivity index (χ1) is 12.6. The summed E-state index contributed by atoms with van der Waals surface area (Å²) >= 11 is 0. The van der Waals surface area contributed by atoms with Crippen LogP contribution in [0.2, 0.25) is 0 Å². The van der Waals surface area contributed by atoms with Crippen LogP contribution in [0.1, 0.15) is 55.3 Å². The van der Waals surface area contributed by atoms with Crippen molar-refractivity contribution in [2.24, 2.45) is 5.92 Å². The third kappa shape index (κ3) is 4.64. The molecule has 1 fully saturated rings. The number of quaternary nitrogens is 1. The van der Waals surface area contributed by atoms with Crippen LogP contribution < -0.4 is 10.2 Å². The van der Waals surface area contributed by atoms with Gasteiger partial charge in [0, 0.05) is 12.8 Å². The molecule has 1 aromatic rings. The molecule has 5 heteroatoms. The van der Waals surface area contributed by atoms with Crippen LogP contribution in [0.3, 0.4) is 0 Å². The maximum absolute atomic E-state index is 12.4. The number of fused-ring (bicyclic) bond motifs is 1. The van der Waals surface area contributed by atoms with Crippen molar-refractivity contribution in [3.8, 4) is 0 Å². The molecular formula is C21H31N2O3+. The molecule has 1 aliphatic carbocycles. The van der Waals surface area contributed by atoms with Crippen LogP contribution in [0.4, 0.5) is 0 Å². The fourth-order valence-electron chi connectivity index (χ4n) is 4.23. The van der Waals surface area contributed by atoms with Crippen molar-refractivity contribution in [1.29, 1.82) is 0 Å². The Bertz CT molecular complexity index is 651. The Labute approximate surface area is 156 Å². The Kier molecular flexibility index (Phi) is 6.30. The molecule has 1 saturated heterocycles. The minimum absolute atomic E-state index is 0.00114. The van der Waals surface area contributed by atoms with E-state index in [1.165, 1.54) is 48.0 Å². The molecule has 2 aliphatic rings. The zero-order chi connectivity index (χ0) is 18.5. The summed E-state index contributed by atoms with van der Waals surface area (Å²) in [5.74, 6) is -0.0301. The van der Waals surface area contributed by atoms with Crippen LogP contribution in [-0.4, -0.2) is 38.6 Å². The van der Waals surface area contributed by atoms with Crippen LogP contribution >= 0.6 is 0 Å². The van der Waals surface area contributed by atoms with E-state index in [9.17, 15) is 9.59 Å². The number of amides is 1. The molecule has 2 N–H and O–H groups in total. The molecule has 0 bridgehead atoms. The van der Waals surface area contributed by atoms with Crippen LogP contribution in [0, 0.1) is 5.92 Å². The second kappa shape index (κ2) is 8.67. The number of esters is 1. The molecule has 1 amide bonds. The van der Waals surface area contributed by atoms with E-state index in [4.69, 9.17) is 4.74 Å². The Morgan fingerprint density at radius 2 is 1.88 bits per heavy atom. The summed E-state index contributed by atoms with van der Waals surface area (Å²) in [7, 11) is 1.44. The number of benzene rings is 1. The van der Waals surface area contributed by atoms with Gasteiger partial charge in [-0.25, -0.2) is 0 Å². The molecule has 0 aromatic heterocycles. The van der Waals surface area contributed by atoms with Gasteiger partial charge in [0.2, 0.25) is 0 Å². The number of aryl methyl sites for hydroxylation is 2. The first-order valence-corrected chi connectivity index (χ1v) is 9.89. The lowest BCUT2D eigenvalue weighted by Gasteiger charge is -2.28. The second-order valence-corrected chi connectivity index (χ2v) is 7.75. The Balaban J connectivity index is 1.48. The fraction of sp³-hybridized carbons (Fsp3) is 0.619. The highest BCUT2D eigenvalue weighted by Crippen LogP contribution is 2.24. The number of hydrogen-bond donors (Lipinski definition) is 2. The van der Waals surface area contributed by atoms with Gasteiger partial charge in [0.1, 0.15) is 0 Å². The molecule has 1 aromatic carbocycles. The van der Waals surface area contributed by atoms with Crippen LogP contribution in [0.25, 0.3) is 0 Å². The number of nitrogens with one attached hydrogen (secondary N) is 2. The highest BCUT2D eigenvalue weighted by Gasteiger charge is 2.29. The van der Waals surface area contributed by atoms with Crippen molar-refractivity contribution in [1.82, 2.24) is 5.32 Å². The van der Waals surface area contributed by atoms with E-state index in [0.717, 1.165) is 32.4 Å². The summed E-state index contributed by atoms with van der Waals surface area (Å²) < 4.78 is 4.82. The SMILES string of the molecule is COC(=O)C1CC[NH+](CC(=O)N[C@H](C)c2ccc3c(c2)CCCC3)CC1. The largest absolute Gasteiger partial charge is 0.469 e. The number of methoxy groups -OCH3 is 1. The molecule has 0 radical (unpaired) electrons. The lowest BCUT2D eigenvalue weighted by molar-refractivity contribution is -0.897. The van der Waals surface area contributed by atoms with Crippen molar-refractivity contribution in [3.63, 3.8) is 0 Å². The van der Waals surface area contributed by atoms with E-state index in [1.807, 2.05) is 0 Å². The van der Waals surface area contributed by atoms with Crippen molar-refractivity contribution in [2.75, 3.05) is 26.7 Å². The molecule has 0 spiro atoms. The molecule has 1 atom stereocenters. The number of carbonyl (C=O) groups excluding carboxylic acids is 2. The molecule has 1 aliphatic heterocycles. The third-order valence-corrected chi connectivity index (χ3v) is 5.89. The van der Waals surface area contributed by atoms with E-state index in [-0.39, 0.29) is 23.8 Å². The monoisotopic (exact) mass is 359 g/mol. The molecule has 142 valence electrons. The highest BCUT2D eigenvalue weighted by atomic mass is 16.5. The first-order valence-electron chi connectivity index (χ1n) is 9.89. The van der Waals surface area contributed by atoms with Crippen molar-refractivity contribution in [3.05, 3.63) is 34.9 Å². The highest BCUT2D eigenvalue weighted by molar-refractivity contribution is 5.77. The second-order valence-electron chi connectivity index (χ2n) is 7.75. The number of hydrogen-bond acceptors (Lipinski definition) is 3. The summed E-state index contributed by atoms with van der Waals surface area (Å²) in [6.45, 7) is 4.23. The molecule has 0 saturated carbocycles. The van der Waals surface area contributed by atoms with Gasteiger partial charge >= 0.3 is 5.97 Å². The molecule has 1 heterocycles. The van der Waals surface area contributed by atoms with E-state index >= 15 is 0 Å². The van der Waals surface area contributed by atoms with Gasteiger partial charge in [-0.3, -0.25) is 9.59 Å². The van der Waals surface area contributed by atoms with E-state index < -0.39 is 0 Å². The summed E-state index contributed by atoms with van der Waals surface area (Å²) in [6, 6.07) is 6.69. The fourth-order valence-corrected chi connectivity index (χ4v) is 4.23. The van der Waals surface area contributed by atoms with E-state index in [0.29, 0.717) is 6.54 Å². The van der Waals surface area contributed by atoms with Gasteiger partial charge in [-0.05, 0) is 49.3 Å². The Morgan fingerprint density at radius 3 is 2.58 bits per heavy atom. The van der Waals surface area contributed by atoms with Gasteiger partial charge in [0.05, 0.1) is 32.2 Å². The number of piperidine rings is 1. The molecule has 5 nitrogen and oxygen atoms in total. The van der Waals surface area contributed by atoms with Crippen LogP contribution in [0.5, 0.6) is 0 Å². The van der Waals surface area contributed by atoms with Gasteiger partial charge in [-0.2, -0.15) is 0 Å². The Morgan fingerprint density at radius 1 is 1.19 bits per heavy atom. The normalized spacial score (nSPS) is 23.6. The molecule has 26 heavy (non-hydrogen) atoms.